The number of thioether (sulfide) groups is 2. The second kappa shape index (κ2) is 10.2. The Hall–Kier alpha value is -1.99. The molecule has 2 aromatic carbocycles. The van der Waals surface area contributed by atoms with Gasteiger partial charge >= 0.3 is 0 Å². The van der Waals surface area contributed by atoms with Crippen molar-refractivity contribution in [3.63, 3.8) is 0 Å². The van der Waals surface area contributed by atoms with E-state index in [9.17, 15) is 22.4 Å². The van der Waals surface area contributed by atoms with Crippen LogP contribution in [-0.4, -0.2) is 17.3 Å². The molecular weight excluding hydrogens is 384 g/mol. The Balaban J connectivity index is 2.10. The molecule has 0 fully saturated rings. The van der Waals surface area contributed by atoms with Gasteiger partial charge in [-0.1, -0.05) is 59.9 Å². The van der Waals surface area contributed by atoms with Crippen LogP contribution in [0.1, 0.15) is 11.1 Å². The average molecular weight is 398 g/mol. The van der Waals surface area contributed by atoms with Gasteiger partial charge in [-0.2, -0.15) is 17.6 Å². The minimum Gasteiger partial charge on any atom is -0.290 e. The maximum absolute atomic E-state index is 12.5. The maximum Gasteiger partial charge on any atom is 0.288 e. The first-order valence-electron chi connectivity index (χ1n) is 7.43. The third-order valence-electron chi connectivity index (χ3n) is 3.12. The summed E-state index contributed by atoms with van der Waals surface area (Å²) in [6.07, 6.45) is 5.42. The lowest BCUT2D eigenvalue weighted by Gasteiger charge is -2.04. The minimum absolute atomic E-state index is 0.370. The number of carbonyl (C=O) groups is 1. The Kier molecular flexibility index (Phi) is 8.00. The van der Waals surface area contributed by atoms with Crippen LogP contribution in [0.15, 0.2) is 70.5 Å². The Labute approximate surface area is 157 Å². The van der Waals surface area contributed by atoms with Crippen LogP contribution in [-0.2, 0) is 4.79 Å². The zero-order valence-electron chi connectivity index (χ0n) is 13.3. The normalized spacial score (nSPS) is 11.9. The quantitative estimate of drug-likeness (QED) is 0.283. The van der Waals surface area contributed by atoms with Crippen molar-refractivity contribution in [2.75, 3.05) is 0 Å². The van der Waals surface area contributed by atoms with Gasteiger partial charge in [0.15, 0.2) is 5.78 Å². The third kappa shape index (κ3) is 6.72. The number of hydrogen-bond donors (Lipinski definition) is 0. The maximum atomic E-state index is 12.5. The van der Waals surface area contributed by atoms with Crippen molar-refractivity contribution in [2.24, 2.45) is 0 Å². The molecule has 136 valence electrons. The topological polar surface area (TPSA) is 17.1 Å². The fourth-order valence-corrected chi connectivity index (χ4v) is 3.28. The second-order valence-electron chi connectivity index (χ2n) is 4.90. The fraction of sp³-hybridized carbons (Fsp3) is 0.105. The molecule has 0 spiro atoms. The van der Waals surface area contributed by atoms with Crippen molar-refractivity contribution in [2.45, 2.75) is 21.3 Å². The van der Waals surface area contributed by atoms with Gasteiger partial charge in [0.05, 0.1) is 0 Å². The molecule has 0 atom stereocenters. The molecule has 1 nitrogen and oxygen atoms in total. The van der Waals surface area contributed by atoms with Crippen molar-refractivity contribution < 1.29 is 22.4 Å². The van der Waals surface area contributed by atoms with E-state index in [4.69, 9.17) is 0 Å². The Bertz CT molecular complexity index is 738. The Morgan fingerprint density at radius 2 is 1.12 bits per heavy atom. The van der Waals surface area contributed by atoms with Gasteiger partial charge in [-0.25, -0.2) is 0 Å². The van der Waals surface area contributed by atoms with Crippen LogP contribution < -0.4 is 0 Å². The highest BCUT2D eigenvalue weighted by Crippen LogP contribution is 2.30. The lowest BCUT2D eigenvalue weighted by atomic mass is 10.1. The van der Waals surface area contributed by atoms with Crippen LogP contribution in [0.5, 0.6) is 0 Å². The van der Waals surface area contributed by atoms with Gasteiger partial charge < -0.3 is 0 Å². The number of rotatable bonds is 8. The monoisotopic (exact) mass is 398 g/mol. The predicted molar refractivity (Wildman–Crippen MR) is 99.7 cm³/mol. The fourth-order valence-electron chi connectivity index (χ4n) is 2.04. The summed E-state index contributed by atoms with van der Waals surface area (Å²) in [7, 11) is 0. The Morgan fingerprint density at radius 1 is 0.731 bits per heavy atom. The van der Waals surface area contributed by atoms with Crippen molar-refractivity contribution in [1.82, 2.24) is 0 Å². The number of hydrogen-bond acceptors (Lipinski definition) is 3. The zero-order chi connectivity index (χ0) is 18.9. The summed E-state index contributed by atoms with van der Waals surface area (Å²) in [6, 6.07) is 13.0. The molecular formula is C19H14F4OS2. The van der Waals surface area contributed by atoms with E-state index in [1.807, 2.05) is 0 Å². The molecule has 0 bridgehead atoms. The number of allylic oxidation sites excluding steroid dienone is 2. The van der Waals surface area contributed by atoms with Gasteiger partial charge in [-0.05, 0) is 47.6 Å². The van der Waals surface area contributed by atoms with Gasteiger partial charge in [-0.15, -0.1) is 0 Å². The highest BCUT2D eigenvalue weighted by atomic mass is 32.2. The van der Waals surface area contributed by atoms with E-state index in [0.29, 0.717) is 44.4 Å². The molecule has 2 aromatic rings. The Morgan fingerprint density at radius 3 is 1.50 bits per heavy atom. The number of ketones is 1. The number of carbonyl (C=O) groups excluding carboxylic acids is 1. The molecule has 0 aliphatic rings. The van der Waals surface area contributed by atoms with Crippen molar-refractivity contribution >= 4 is 41.5 Å². The van der Waals surface area contributed by atoms with Gasteiger partial charge in [-0.3, -0.25) is 4.79 Å². The van der Waals surface area contributed by atoms with E-state index in [2.05, 4.69) is 0 Å². The second-order valence-corrected chi connectivity index (χ2v) is 6.97. The highest BCUT2D eigenvalue weighted by Gasteiger charge is 2.09. The first kappa shape index (κ1) is 20.3. The molecule has 0 aliphatic heterocycles. The van der Waals surface area contributed by atoms with Crippen molar-refractivity contribution in [1.29, 1.82) is 0 Å². The summed E-state index contributed by atoms with van der Waals surface area (Å²) in [5, 5.41) is 0. The van der Waals surface area contributed by atoms with Crippen LogP contribution in [0.4, 0.5) is 17.6 Å². The third-order valence-corrected chi connectivity index (χ3v) is 4.73. The van der Waals surface area contributed by atoms with Gasteiger partial charge in [0.2, 0.25) is 0 Å². The van der Waals surface area contributed by atoms with Crippen LogP contribution >= 0.6 is 23.5 Å². The molecule has 0 heterocycles. The molecule has 2 rings (SSSR count). The highest BCUT2D eigenvalue weighted by molar-refractivity contribution is 7.99. The standard InChI is InChI=1S/C19H14F4OS2/c20-18(21)25-16-7-3-1-5-13(16)9-11-15(24)12-10-14-6-2-4-8-17(14)26-19(22)23/h1-12,18-19H. The summed E-state index contributed by atoms with van der Waals surface area (Å²) in [4.78, 5) is 12.7. The van der Waals surface area contributed by atoms with Gasteiger partial charge in [0, 0.05) is 9.79 Å². The molecule has 26 heavy (non-hydrogen) atoms. The molecule has 0 aliphatic carbocycles. The molecule has 0 unspecified atom stereocenters. The van der Waals surface area contributed by atoms with Crippen LogP contribution in [0.2, 0.25) is 0 Å². The summed E-state index contributed by atoms with van der Waals surface area (Å²) < 4.78 is 50.2. The van der Waals surface area contributed by atoms with E-state index in [0.717, 1.165) is 0 Å². The van der Waals surface area contributed by atoms with Gasteiger partial charge in [0.25, 0.3) is 11.5 Å². The molecule has 0 aromatic heterocycles. The SMILES string of the molecule is O=C(C=Cc1ccccc1SC(F)F)C=Cc1ccccc1SC(F)F. The predicted octanol–water partition coefficient (Wildman–Crippen LogP) is 6.61. The zero-order valence-corrected chi connectivity index (χ0v) is 15.0. The smallest absolute Gasteiger partial charge is 0.288 e. The van der Waals surface area contributed by atoms with E-state index in [-0.39, 0.29) is 5.78 Å². The van der Waals surface area contributed by atoms with Crippen molar-refractivity contribution in [3.8, 4) is 0 Å². The largest absolute Gasteiger partial charge is 0.290 e. The van der Waals surface area contributed by atoms with Crippen LogP contribution in [0.25, 0.3) is 12.2 Å². The number of halogens is 4. The van der Waals surface area contributed by atoms with Crippen LogP contribution in [0, 0.1) is 0 Å². The summed E-state index contributed by atoms with van der Waals surface area (Å²) >= 11 is 0.814. The van der Waals surface area contributed by atoms with Crippen LogP contribution in [0.3, 0.4) is 0 Å². The lowest BCUT2D eigenvalue weighted by Crippen LogP contribution is -1.89. The average Bonchev–Trinajstić information content (AvgIpc) is 2.59. The summed E-state index contributed by atoms with van der Waals surface area (Å²) in [6.45, 7) is 0. The lowest BCUT2D eigenvalue weighted by molar-refractivity contribution is -0.110. The molecule has 7 heteroatoms. The molecule has 0 saturated heterocycles. The summed E-state index contributed by atoms with van der Waals surface area (Å²) in [5.41, 5.74) is 1.02. The first-order chi connectivity index (χ1) is 12.5. The van der Waals surface area contributed by atoms with Gasteiger partial charge in [0.1, 0.15) is 0 Å². The summed E-state index contributed by atoms with van der Waals surface area (Å²) in [5.74, 6) is -5.48. The van der Waals surface area contributed by atoms with E-state index >= 15 is 0 Å². The van der Waals surface area contributed by atoms with Crippen molar-refractivity contribution in [3.05, 3.63) is 71.8 Å². The molecule has 0 radical (unpaired) electrons. The van der Waals surface area contributed by atoms with E-state index < -0.39 is 11.5 Å². The minimum atomic E-state index is -2.55. The molecule has 0 N–H and O–H groups in total. The number of benzene rings is 2. The van der Waals surface area contributed by atoms with E-state index in [1.54, 1.807) is 48.5 Å². The number of alkyl halides is 4. The van der Waals surface area contributed by atoms with E-state index in [1.165, 1.54) is 24.3 Å². The first-order valence-corrected chi connectivity index (χ1v) is 9.19. The molecule has 0 saturated carbocycles. The molecule has 0 amide bonds.